The van der Waals surface area contributed by atoms with Crippen LogP contribution in [-0.2, 0) is 11.3 Å². The number of benzene rings is 1. The van der Waals surface area contributed by atoms with E-state index in [1.807, 2.05) is 0 Å². The first-order chi connectivity index (χ1) is 12.8. The molecular weight excluding hydrogens is 391 g/mol. The van der Waals surface area contributed by atoms with E-state index in [0.29, 0.717) is 6.10 Å². The van der Waals surface area contributed by atoms with Gasteiger partial charge in [-0.15, -0.1) is 0 Å². The maximum Gasteiger partial charge on any atom is 1.00 e. The van der Waals surface area contributed by atoms with Gasteiger partial charge in [0.1, 0.15) is 0 Å². The van der Waals surface area contributed by atoms with Crippen molar-refractivity contribution in [3.8, 4) is 0 Å². The molecule has 0 saturated carbocycles. The van der Waals surface area contributed by atoms with Gasteiger partial charge in [0.25, 0.3) is 0 Å². The maximum absolute atomic E-state index is 6.49. The number of rotatable bonds is 7. The summed E-state index contributed by atoms with van der Waals surface area (Å²) in [4.78, 5) is 5.32. The molecule has 1 aromatic rings. The monoisotopic (exact) mass is 430 g/mol. The summed E-state index contributed by atoms with van der Waals surface area (Å²) >= 11 is 0. The maximum atomic E-state index is 6.49. The molecule has 1 aromatic carbocycles. The predicted octanol–water partition coefficient (Wildman–Crippen LogP) is -1.13. The van der Waals surface area contributed by atoms with E-state index in [9.17, 15) is 0 Å². The van der Waals surface area contributed by atoms with Gasteiger partial charge in [0.05, 0.1) is 12.7 Å². The van der Waals surface area contributed by atoms with Gasteiger partial charge in [-0.1, -0.05) is 55.5 Å². The normalized spacial score (nSPS) is 19.4. The first-order valence-corrected chi connectivity index (χ1v) is 10.9. The summed E-state index contributed by atoms with van der Waals surface area (Å²) in [6.45, 7) is 10.1. The highest BCUT2D eigenvalue weighted by atomic mass is 35.5. The average molecular weight is 431 g/mol. The van der Waals surface area contributed by atoms with Crippen LogP contribution in [0.5, 0.6) is 0 Å². The lowest BCUT2D eigenvalue weighted by atomic mass is 10.1. The van der Waals surface area contributed by atoms with Gasteiger partial charge in [-0.05, 0) is 64.3 Å². The number of hydrogen-bond acceptors (Lipinski definition) is 3. The van der Waals surface area contributed by atoms with E-state index in [1.54, 1.807) is 0 Å². The lowest BCUT2D eigenvalue weighted by molar-refractivity contribution is -0.00520. The van der Waals surface area contributed by atoms with E-state index in [4.69, 9.17) is 4.74 Å². The van der Waals surface area contributed by atoms with Crippen LogP contribution in [0.15, 0.2) is 24.3 Å². The molecule has 0 radical (unpaired) electrons. The molecule has 0 aliphatic carbocycles. The van der Waals surface area contributed by atoms with Gasteiger partial charge in [-0.2, -0.15) is 0 Å². The molecule has 0 atom stereocenters. The second kappa shape index (κ2) is 14.6. The van der Waals surface area contributed by atoms with Crippen molar-refractivity contribution in [2.75, 3.05) is 39.3 Å². The Morgan fingerprint density at radius 3 is 1.79 bits per heavy atom. The quantitative estimate of drug-likeness (QED) is 0.543. The van der Waals surface area contributed by atoms with Crippen LogP contribution in [0.3, 0.4) is 0 Å². The molecule has 5 heteroatoms. The number of hydrogen-bond donors (Lipinski definition) is 0. The van der Waals surface area contributed by atoms with Gasteiger partial charge in [-0.25, -0.2) is 0 Å². The van der Waals surface area contributed by atoms with Crippen molar-refractivity contribution >= 4 is 0 Å². The van der Waals surface area contributed by atoms with E-state index in [2.05, 4.69) is 41.0 Å². The smallest absolute Gasteiger partial charge is 1.00 e. The Morgan fingerprint density at radius 1 is 0.821 bits per heavy atom. The Bertz CT molecular complexity index is 502. The Hall–Kier alpha value is -0.320. The van der Waals surface area contributed by atoms with Gasteiger partial charge in [-0.3, -0.25) is 0 Å². The summed E-state index contributed by atoms with van der Waals surface area (Å²) in [5.41, 5.74) is 2.63. The van der Waals surface area contributed by atoms with Crippen molar-refractivity contribution in [2.24, 2.45) is 0 Å². The molecule has 0 amide bonds. The minimum Gasteiger partial charge on any atom is -1.00 e. The molecule has 0 aromatic heterocycles. The highest BCUT2D eigenvalue weighted by molar-refractivity contribution is 5.21. The second-order valence-electron chi connectivity index (χ2n) is 8.35. The zero-order valence-corrected chi connectivity index (χ0v) is 19.1. The Labute approximate surface area is 188 Å². The molecule has 2 fully saturated rings. The third kappa shape index (κ3) is 9.45. The number of nitrogens with zero attached hydrogens (tertiary/aromatic N) is 2. The fourth-order valence-corrected chi connectivity index (χ4v) is 4.39. The van der Waals surface area contributed by atoms with Crippen molar-refractivity contribution in [2.45, 2.75) is 71.0 Å². The summed E-state index contributed by atoms with van der Waals surface area (Å²) < 4.78 is 6.49. The minimum absolute atomic E-state index is 0. The summed E-state index contributed by atoms with van der Waals surface area (Å²) in [7, 11) is 0. The lowest BCUT2D eigenvalue weighted by Crippen LogP contribution is -3.00. The van der Waals surface area contributed by atoms with Crippen LogP contribution in [0.4, 0.5) is 0 Å². The molecule has 3 rings (SSSR count). The summed E-state index contributed by atoms with van der Waals surface area (Å²) in [6, 6.07) is 8.76. The molecule has 2 aliphatic rings. The van der Waals surface area contributed by atoms with E-state index < -0.39 is 0 Å². The molecular formula is C23H40Cl2N2O. The topological polar surface area (TPSA) is 15.7 Å². The van der Waals surface area contributed by atoms with Crippen molar-refractivity contribution in [1.82, 2.24) is 9.80 Å². The van der Waals surface area contributed by atoms with Gasteiger partial charge in [0.2, 0.25) is 0 Å². The number of likely N-dealkylation sites (tertiary alicyclic amines) is 2. The third-order valence-corrected chi connectivity index (χ3v) is 5.89. The molecule has 0 N–H and O–H groups in total. The molecule has 2 saturated heterocycles. The summed E-state index contributed by atoms with van der Waals surface area (Å²) in [5.74, 6) is 0. The molecule has 2 heterocycles. The molecule has 28 heavy (non-hydrogen) atoms. The average Bonchev–Trinajstić information content (AvgIpc) is 3.05. The van der Waals surface area contributed by atoms with E-state index in [1.165, 1.54) is 88.7 Å². The van der Waals surface area contributed by atoms with Crippen molar-refractivity contribution in [3.05, 3.63) is 35.4 Å². The van der Waals surface area contributed by atoms with Crippen LogP contribution in [0.25, 0.3) is 0 Å². The first-order valence-electron chi connectivity index (χ1n) is 10.9. The summed E-state index contributed by atoms with van der Waals surface area (Å²) in [6.07, 6.45) is 11.3. The van der Waals surface area contributed by atoms with Gasteiger partial charge in [0.15, 0.2) is 0 Å². The van der Waals surface area contributed by atoms with Crippen molar-refractivity contribution in [1.29, 1.82) is 0 Å². The van der Waals surface area contributed by atoms with Crippen LogP contribution in [-0.4, -0.2) is 55.2 Å². The van der Waals surface area contributed by atoms with Gasteiger partial charge in [0, 0.05) is 13.1 Å². The highest BCUT2D eigenvalue weighted by Gasteiger charge is 2.20. The van der Waals surface area contributed by atoms with E-state index in [0.717, 1.165) is 19.7 Å². The standard InChI is InChI=1S/C23H38N2O.2ClH/c1-21-11-10-12-22(17-21)20-26-23(18-24-13-6-2-3-7-14-24)19-25-15-8-4-5-9-16-25;;/h10-12,17,23H,2-9,13-16,18-20H2,1H3;2*1H. The predicted molar refractivity (Wildman–Crippen MR) is 112 cm³/mol. The third-order valence-electron chi connectivity index (χ3n) is 5.89. The molecule has 0 spiro atoms. The molecule has 3 nitrogen and oxygen atoms in total. The largest absolute Gasteiger partial charge is 1.00 e. The van der Waals surface area contributed by atoms with Crippen LogP contribution >= 0.6 is 0 Å². The number of ether oxygens (including phenoxy) is 1. The highest BCUT2D eigenvalue weighted by Crippen LogP contribution is 2.15. The number of aryl methyl sites for hydroxylation is 1. The SMILES string of the molecule is Cc1cccc(COC(CN2CCCCCC2)CN2CCCCCC2)c1.[Cl-].[Cl-].[H+].[H+]. The molecule has 162 valence electrons. The van der Waals surface area contributed by atoms with Crippen LogP contribution in [0.1, 0.15) is 65.3 Å². The molecule has 2 aliphatic heterocycles. The van der Waals surface area contributed by atoms with Crippen molar-refractivity contribution < 1.29 is 32.4 Å². The molecule has 0 bridgehead atoms. The Kier molecular flexibility index (Phi) is 13.4. The Balaban J connectivity index is 0. The zero-order chi connectivity index (χ0) is 18.0. The van der Waals surface area contributed by atoms with Crippen LogP contribution < -0.4 is 24.8 Å². The fraction of sp³-hybridized carbons (Fsp3) is 0.739. The fourth-order valence-electron chi connectivity index (χ4n) is 4.39. The van der Waals surface area contributed by atoms with Gasteiger partial charge >= 0.3 is 2.85 Å². The van der Waals surface area contributed by atoms with E-state index >= 15 is 0 Å². The summed E-state index contributed by atoms with van der Waals surface area (Å²) in [5, 5.41) is 0. The first kappa shape index (κ1) is 25.7. The van der Waals surface area contributed by atoms with Crippen molar-refractivity contribution in [3.63, 3.8) is 0 Å². The second-order valence-corrected chi connectivity index (χ2v) is 8.35. The Morgan fingerprint density at radius 2 is 1.32 bits per heavy atom. The number of halogens is 2. The van der Waals surface area contributed by atoms with Crippen LogP contribution in [0.2, 0.25) is 0 Å². The zero-order valence-electron chi connectivity index (χ0n) is 19.6. The van der Waals surface area contributed by atoms with Gasteiger partial charge < -0.3 is 39.4 Å². The molecule has 0 unspecified atom stereocenters. The lowest BCUT2D eigenvalue weighted by Gasteiger charge is -2.31. The van der Waals surface area contributed by atoms with Crippen LogP contribution in [0, 0.1) is 6.92 Å². The van der Waals surface area contributed by atoms with E-state index in [-0.39, 0.29) is 27.7 Å². The minimum atomic E-state index is 0.